The van der Waals surface area contributed by atoms with Gasteiger partial charge in [-0.3, -0.25) is 0 Å². The number of hydrogen-bond acceptors (Lipinski definition) is 2. The molecule has 1 heterocycles. The standard InChI is InChI=1S/C13H19FN2/c1-13(2,8-15)9-16-6-5-10-3-4-11(14)7-12(10)16/h3-4,7H,5-6,8-9,15H2,1-2H3. The average molecular weight is 222 g/mol. The highest BCUT2D eigenvalue weighted by molar-refractivity contribution is 5.58. The van der Waals surface area contributed by atoms with Gasteiger partial charge in [-0.05, 0) is 36.1 Å². The van der Waals surface area contributed by atoms with E-state index in [-0.39, 0.29) is 11.2 Å². The van der Waals surface area contributed by atoms with Gasteiger partial charge >= 0.3 is 0 Å². The molecule has 3 heteroatoms. The van der Waals surface area contributed by atoms with Crippen LogP contribution in [0.25, 0.3) is 0 Å². The maximum Gasteiger partial charge on any atom is 0.125 e. The van der Waals surface area contributed by atoms with Gasteiger partial charge in [0.25, 0.3) is 0 Å². The molecule has 1 aromatic rings. The van der Waals surface area contributed by atoms with Crippen molar-refractivity contribution in [1.29, 1.82) is 0 Å². The first-order valence-electron chi connectivity index (χ1n) is 5.75. The van der Waals surface area contributed by atoms with Gasteiger partial charge in [-0.25, -0.2) is 4.39 Å². The Morgan fingerprint density at radius 3 is 2.88 bits per heavy atom. The molecule has 0 unspecified atom stereocenters. The number of nitrogens with zero attached hydrogens (tertiary/aromatic N) is 1. The van der Waals surface area contributed by atoms with Crippen LogP contribution in [0.4, 0.5) is 10.1 Å². The predicted molar refractivity (Wildman–Crippen MR) is 65.2 cm³/mol. The average Bonchev–Trinajstić information content (AvgIpc) is 2.61. The summed E-state index contributed by atoms with van der Waals surface area (Å²) in [5.41, 5.74) is 8.10. The van der Waals surface area contributed by atoms with Crippen molar-refractivity contribution in [2.75, 3.05) is 24.5 Å². The van der Waals surface area contributed by atoms with E-state index in [2.05, 4.69) is 18.7 Å². The molecule has 1 aliphatic heterocycles. The summed E-state index contributed by atoms with van der Waals surface area (Å²) >= 11 is 0. The number of benzene rings is 1. The molecule has 0 spiro atoms. The minimum atomic E-state index is -0.156. The fourth-order valence-electron chi connectivity index (χ4n) is 2.16. The topological polar surface area (TPSA) is 29.3 Å². The molecule has 88 valence electrons. The fraction of sp³-hybridized carbons (Fsp3) is 0.538. The van der Waals surface area contributed by atoms with Gasteiger partial charge in [-0.2, -0.15) is 0 Å². The van der Waals surface area contributed by atoms with E-state index in [4.69, 9.17) is 5.73 Å². The molecule has 2 N–H and O–H groups in total. The minimum absolute atomic E-state index is 0.0773. The molecule has 2 rings (SSSR count). The van der Waals surface area contributed by atoms with Crippen LogP contribution in [-0.4, -0.2) is 19.6 Å². The maximum atomic E-state index is 13.2. The van der Waals surface area contributed by atoms with Crippen molar-refractivity contribution >= 4 is 5.69 Å². The van der Waals surface area contributed by atoms with Crippen LogP contribution in [0.5, 0.6) is 0 Å². The van der Waals surface area contributed by atoms with Crippen LogP contribution in [0, 0.1) is 11.2 Å². The Hall–Kier alpha value is -1.09. The van der Waals surface area contributed by atoms with Crippen LogP contribution >= 0.6 is 0 Å². The first-order chi connectivity index (χ1) is 7.52. The van der Waals surface area contributed by atoms with Crippen LogP contribution in [0.15, 0.2) is 18.2 Å². The SMILES string of the molecule is CC(C)(CN)CN1CCc2ccc(F)cc21. The number of nitrogens with two attached hydrogens (primary N) is 1. The van der Waals surface area contributed by atoms with E-state index in [1.807, 2.05) is 6.07 Å². The molecule has 0 atom stereocenters. The molecule has 1 aromatic carbocycles. The summed E-state index contributed by atoms with van der Waals surface area (Å²) in [5, 5.41) is 0. The molecule has 0 bridgehead atoms. The molecule has 16 heavy (non-hydrogen) atoms. The lowest BCUT2D eigenvalue weighted by Gasteiger charge is -2.30. The second-order valence-corrected chi connectivity index (χ2v) is 5.31. The molecule has 2 nitrogen and oxygen atoms in total. The van der Waals surface area contributed by atoms with E-state index in [9.17, 15) is 4.39 Å². The smallest absolute Gasteiger partial charge is 0.125 e. The van der Waals surface area contributed by atoms with E-state index >= 15 is 0 Å². The zero-order chi connectivity index (χ0) is 11.8. The Balaban J connectivity index is 2.20. The molecular formula is C13H19FN2. The van der Waals surface area contributed by atoms with E-state index in [1.54, 1.807) is 6.07 Å². The highest BCUT2D eigenvalue weighted by Crippen LogP contribution is 2.31. The predicted octanol–water partition coefficient (Wildman–Crippen LogP) is 2.17. The lowest BCUT2D eigenvalue weighted by Crippen LogP contribution is -2.38. The molecule has 0 aliphatic carbocycles. The van der Waals surface area contributed by atoms with Crippen LogP contribution in [0.1, 0.15) is 19.4 Å². The van der Waals surface area contributed by atoms with E-state index < -0.39 is 0 Å². The molecule has 0 radical (unpaired) electrons. The molecule has 0 saturated heterocycles. The third kappa shape index (κ3) is 2.19. The Morgan fingerprint density at radius 1 is 1.44 bits per heavy atom. The minimum Gasteiger partial charge on any atom is -0.370 e. The number of fused-ring (bicyclic) bond motifs is 1. The lowest BCUT2D eigenvalue weighted by molar-refractivity contribution is 0.381. The molecule has 0 amide bonds. The highest BCUT2D eigenvalue weighted by atomic mass is 19.1. The number of halogens is 1. The molecule has 0 saturated carbocycles. The molecule has 0 aromatic heterocycles. The van der Waals surface area contributed by atoms with Crippen molar-refractivity contribution in [2.24, 2.45) is 11.1 Å². The van der Waals surface area contributed by atoms with Crippen LogP contribution in [0.3, 0.4) is 0 Å². The zero-order valence-electron chi connectivity index (χ0n) is 9.96. The van der Waals surface area contributed by atoms with Crippen LogP contribution in [0.2, 0.25) is 0 Å². The first kappa shape index (κ1) is 11.4. The Morgan fingerprint density at radius 2 is 2.19 bits per heavy atom. The highest BCUT2D eigenvalue weighted by Gasteiger charge is 2.25. The van der Waals surface area contributed by atoms with E-state index in [0.29, 0.717) is 6.54 Å². The summed E-state index contributed by atoms with van der Waals surface area (Å²) in [6.07, 6.45) is 1.01. The van der Waals surface area contributed by atoms with Crippen molar-refractivity contribution in [3.8, 4) is 0 Å². The Labute approximate surface area is 96.2 Å². The first-order valence-corrected chi connectivity index (χ1v) is 5.75. The summed E-state index contributed by atoms with van der Waals surface area (Å²) in [4.78, 5) is 2.24. The van der Waals surface area contributed by atoms with Gasteiger partial charge in [0.15, 0.2) is 0 Å². The van der Waals surface area contributed by atoms with E-state index in [0.717, 1.165) is 25.2 Å². The molecule has 0 fully saturated rings. The fourth-order valence-corrected chi connectivity index (χ4v) is 2.16. The lowest BCUT2D eigenvalue weighted by atomic mass is 9.93. The normalized spacial score (nSPS) is 15.4. The second kappa shape index (κ2) is 4.06. The van der Waals surface area contributed by atoms with Gasteiger partial charge in [0.1, 0.15) is 5.82 Å². The number of anilines is 1. The largest absolute Gasteiger partial charge is 0.370 e. The summed E-state index contributed by atoms with van der Waals surface area (Å²) in [5.74, 6) is -0.156. The van der Waals surface area contributed by atoms with Crippen molar-refractivity contribution in [2.45, 2.75) is 20.3 Å². The van der Waals surface area contributed by atoms with Crippen LogP contribution < -0.4 is 10.6 Å². The van der Waals surface area contributed by atoms with Gasteiger partial charge in [-0.15, -0.1) is 0 Å². The van der Waals surface area contributed by atoms with Crippen molar-refractivity contribution < 1.29 is 4.39 Å². The Kier molecular flexibility index (Phi) is 2.89. The monoisotopic (exact) mass is 222 g/mol. The number of hydrogen-bond donors (Lipinski definition) is 1. The zero-order valence-corrected chi connectivity index (χ0v) is 9.96. The van der Waals surface area contributed by atoms with Gasteiger partial charge < -0.3 is 10.6 Å². The van der Waals surface area contributed by atoms with Gasteiger partial charge in [0.2, 0.25) is 0 Å². The molecule has 1 aliphatic rings. The summed E-state index contributed by atoms with van der Waals surface area (Å²) in [7, 11) is 0. The van der Waals surface area contributed by atoms with Gasteiger partial charge in [0.05, 0.1) is 0 Å². The third-order valence-electron chi connectivity index (χ3n) is 3.21. The number of rotatable bonds is 3. The van der Waals surface area contributed by atoms with Crippen molar-refractivity contribution in [1.82, 2.24) is 0 Å². The summed E-state index contributed by atoms with van der Waals surface area (Å²) < 4.78 is 13.2. The van der Waals surface area contributed by atoms with Crippen molar-refractivity contribution in [3.63, 3.8) is 0 Å². The van der Waals surface area contributed by atoms with Gasteiger partial charge in [0, 0.05) is 18.8 Å². The summed E-state index contributed by atoms with van der Waals surface area (Å²) in [6, 6.07) is 5.06. The summed E-state index contributed by atoms with van der Waals surface area (Å²) in [6.45, 7) is 6.80. The molecular weight excluding hydrogens is 203 g/mol. The quantitative estimate of drug-likeness (QED) is 0.849. The third-order valence-corrected chi connectivity index (χ3v) is 3.21. The van der Waals surface area contributed by atoms with Crippen molar-refractivity contribution in [3.05, 3.63) is 29.6 Å². The Bertz CT molecular complexity index is 388. The van der Waals surface area contributed by atoms with E-state index in [1.165, 1.54) is 11.6 Å². The second-order valence-electron chi connectivity index (χ2n) is 5.31. The maximum absolute atomic E-state index is 13.2. The van der Waals surface area contributed by atoms with Crippen LogP contribution in [-0.2, 0) is 6.42 Å². The van der Waals surface area contributed by atoms with Gasteiger partial charge in [-0.1, -0.05) is 19.9 Å².